The van der Waals surface area contributed by atoms with Gasteiger partial charge in [-0.2, -0.15) is 4.98 Å². The lowest BCUT2D eigenvalue weighted by atomic mass is 9.91. The number of nitrogens with zero attached hydrogens (tertiary/aromatic N) is 4. The second-order valence-corrected chi connectivity index (χ2v) is 11.1. The minimum Gasteiger partial charge on any atom is -0.362 e. The van der Waals surface area contributed by atoms with Gasteiger partial charge in [-0.15, -0.1) is 0 Å². The molecule has 7 nitrogen and oxygen atoms in total. The normalized spacial score (nSPS) is 19.0. The van der Waals surface area contributed by atoms with E-state index in [1.54, 1.807) is 18.0 Å². The molecule has 8 heteroatoms. The summed E-state index contributed by atoms with van der Waals surface area (Å²) in [6, 6.07) is 4.18. The molecule has 3 rings (SSSR count). The minimum atomic E-state index is -0.0336. The monoisotopic (exact) mass is 442 g/mol. The van der Waals surface area contributed by atoms with Crippen LogP contribution in [0.2, 0.25) is 0 Å². The Labute approximate surface area is 189 Å². The molecular formula is C23H34N6OS. The number of pyridine rings is 1. The average Bonchev–Trinajstić information content (AvgIpc) is 2.70. The zero-order chi connectivity index (χ0) is 22.6. The van der Waals surface area contributed by atoms with Crippen LogP contribution < -0.4 is 15.5 Å². The number of hydrogen-bond donors (Lipinski definition) is 2. The Morgan fingerprint density at radius 3 is 2.45 bits per heavy atom. The number of nitrogens with one attached hydrogen (secondary N) is 2. The Kier molecular flexibility index (Phi) is 7.41. The van der Waals surface area contributed by atoms with Crippen LogP contribution in [0.3, 0.4) is 0 Å². The fraction of sp³-hybridized carbons (Fsp3) is 0.565. The van der Waals surface area contributed by atoms with E-state index in [2.05, 4.69) is 46.4 Å². The second-order valence-electron chi connectivity index (χ2n) is 9.33. The summed E-state index contributed by atoms with van der Waals surface area (Å²) in [4.78, 5) is 28.4. The first-order chi connectivity index (χ1) is 14.6. The van der Waals surface area contributed by atoms with Gasteiger partial charge < -0.3 is 15.5 Å². The predicted molar refractivity (Wildman–Crippen MR) is 128 cm³/mol. The smallest absolute Gasteiger partial charge is 0.254 e. The molecular weight excluding hydrogens is 408 g/mol. The summed E-state index contributed by atoms with van der Waals surface area (Å²) in [7, 11) is 3.97. The Morgan fingerprint density at radius 2 is 1.81 bits per heavy atom. The molecule has 1 aliphatic rings. The molecule has 1 saturated carbocycles. The van der Waals surface area contributed by atoms with E-state index in [0.29, 0.717) is 17.6 Å². The topological polar surface area (TPSA) is 83.0 Å². The lowest BCUT2D eigenvalue weighted by molar-refractivity contribution is 0.0923. The lowest BCUT2D eigenvalue weighted by Crippen LogP contribution is -2.40. The average molecular weight is 443 g/mol. The molecule has 1 amide bonds. The molecule has 2 N–H and O–H groups in total. The summed E-state index contributed by atoms with van der Waals surface area (Å²) >= 11 is 1.62. The van der Waals surface area contributed by atoms with Gasteiger partial charge in [0.15, 0.2) is 0 Å². The number of rotatable bonds is 6. The largest absolute Gasteiger partial charge is 0.362 e. The van der Waals surface area contributed by atoms with Crippen molar-refractivity contribution in [2.45, 2.75) is 75.2 Å². The van der Waals surface area contributed by atoms with Gasteiger partial charge >= 0.3 is 0 Å². The first-order valence-corrected chi connectivity index (χ1v) is 11.7. The highest BCUT2D eigenvalue weighted by Crippen LogP contribution is 2.32. The van der Waals surface area contributed by atoms with Crippen molar-refractivity contribution in [3.63, 3.8) is 0 Å². The molecule has 2 aromatic heterocycles. The number of thioether (sulfide) groups is 1. The van der Waals surface area contributed by atoms with Crippen molar-refractivity contribution in [3.05, 3.63) is 35.7 Å². The Balaban J connectivity index is 1.55. The first-order valence-electron chi connectivity index (χ1n) is 10.8. The number of amides is 1. The molecule has 0 unspecified atom stereocenters. The number of hydrogen-bond acceptors (Lipinski definition) is 7. The van der Waals surface area contributed by atoms with E-state index in [0.717, 1.165) is 42.1 Å². The van der Waals surface area contributed by atoms with E-state index >= 15 is 0 Å². The van der Waals surface area contributed by atoms with Gasteiger partial charge in [-0.3, -0.25) is 4.79 Å². The van der Waals surface area contributed by atoms with E-state index < -0.39 is 0 Å². The number of aromatic nitrogens is 3. The van der Waals surface area contributed by atoms with Crippen LogP contribution in [0, 0.1) is 6.92 Å². The molecule has 1 aliphatic carbocycles. The van der Waals surface area contributed by atoms with Crippen LogP contribution >= 0.6 is 11.8 Å². The van der Waals surface area contributed by atoms with Crippen LogP contribution in [0.5, 0.6) is 0 Å². The van der Waals surface area contributed by atoms with Crippen LogP contribution in [0.25, 0.3) is 0 Å². The van der Waals surface area contributed by atoms with Crippen molar-refractivity contribution in [1.29, 1.82) is 0 Å². The molecule has 0 aromatic carbocycles. The maximum absolute atomic E-state index is 12.9. The molecule has 0 bridgehead atoms. The molecule has 168 valence electrons. The van der Waals surface area contributed by atoms with E-state index in [-0.39, 0.29) is 16.7 Å². The van der Waals surface area contributed by atoms with Gasteiger partial charge in [-0.1, -0.05) is 32.5 Å². The summed E-state index contributed by atoms with van der Waals surface area (Å²) in [5, 5.41) is 7.48. The molecule has 0 radical (unpaired) electrons. The Morgan fingerprint density at radius 1 is 1.13 bits per heavy atom. The van der Waals surface area contributed by atoms with Crippen LogP contribution in [0.15, 0.2) is 29.6 Å². The predicted octanol–water partition coefficient (Wildman–Crippen LogP) is 4.29. The molecule has 0 saturated heterocycles. The summed E-state index contributed by atoms with van der Waals surface area (Å²) in [6.07, 6.45) is 7.40. The van der Waals surface area contributed by atoms with Gasteiger partial charge in [0.2, 0.25) is 5.95 Å². The van der Waals surface area contributed by atoms with Crippen molar-refractivity contribution >= 4 is 29.4 Å². The first kappa shape index (κ1) is 23.3. The second kappa shape index (κ2) is 9.85. The SMILES string of the molecule is Cc1cnc(N[C@H]2CC[C@@H](NC(=O)c3cccnc3SC(C)(C)C)CC2)nc1N(C)C. The zero-order valence-electron chi connectivity index (χ0n) is 19.4. The standard InChI is InChI=1S/C23H34N6OS/c1-15-14-25-22(28-19(15)29(5)6)27-17-11-9-16(10-12-17)26-20(30)18-8-7-13-24-21(18)31-23(2,3)4/h7-8,13-14,16-17H,9-12H2,1-6H3,(H,26,30)(H,25,27,28)/t16-,17+. The van der Waals surface area contributed by atoms with Crippen LogP contribution in [-0.2, 0) is 0 Å². The third-order valence-electron chi connectivity index (χ3n) is 5.18. The van der Waals surface area contributed by atoms with Gasteiger partial charge in [0.05, 0.1) is 5.56 Å². The van der Waals surface area contributed by atoms with Gasteiger partial charge in [0.25, 0.3) is 5.91 Å². The third kappa shape index (κ3) is 6.56. The maximum Gasteiger partial charge on any atom is 0.254 e. The fourth-order valence-electron chi connectivity index (χ4n) is 3.72. The van der Waals surface area contributed by atoms with Crippen molar-refractivity contribution in [2.24, 2.45) is 0 Å². The van der Waals surface area contributed by atoms with Crippen LogP contribution in [0.4, 0.5) is 11.8 Å². The van der Waals surface area contributed by atoms with Gasteiger partial charge in [-0.25, -0.2) is 9.97 Å². The van der Waals surface area contributed by atoms with Crippen LogP contribution in [-0.4, -0.2) is 51.8 Å². The van der Waals surface area contributed by atoms with E-state index in [4.69, 9.17) is 0 Å². The lowest BCUT2D eigenvalue weighted by Gasteiger charge is -2.30. The van der Waals surface area contributed by atoms with Gasteiger partial charge in [-0.05, 0) is 44.7 Å². The molecule has 0 atom stereocenters. The number of carbonyl (C=O) groups excluding carboxylic acids is 1. The highest BCUT2D eigenvalue weighted by atomic mass is 32.2. The van der Waals surface area contributed by atoms with Gasteiger partial charge in [0.1, 0.15) is 10.8 Å². The zero-order valence-corrected chi connectivity index (χ0v) is 20.2. The van der Waals surface area contributed by atoms with E-state index in [1.807, 2.05) is 44.2 Å². The highest BCUT2D eigenvalue weighted by Gasteiger charge is 2.25. The number of carbonyl (C=O) groups is 1. The summed E-state index contributed by atoms with van der Waals surface area (Å²) in [5.41, 5.74) is 1.72. The highest BCUT2D eigenvalue weighted by molar-refractivity contribution is 8.00. The molecule has 0 spiro atoms. The van der Waals surface area contributed by atoms with Crippen molar-refractivity contribution in [3.8, 4) is 0 Å². The summed E-state index contributed by atoms with van der Waals surface area (Å²) in [6.45, 7) is 8.39. The van der Waals surface area contributed by atoms with Crippen molar-refractivity contribution < 1.29 is 4.79 Å². The molecule has 0 aliphatic heterocycles. The molecule has 2 heterocycles. The summed E-state index contributed by atoms with van der Waals surface area (Å²) < 4.78 is -0.00237. The minimum absolute atomic E-state index is 0.00237. The summed E-state index contributed by atoms with van der Waals surface area (Å²) in [5.74, 6) is 1.56. The van der Waals surface area contributed by atoms with E-state index in [9.17, 15) is 4.79 Å². The maximum atomic E-state index is 12.9. The molecule has 1 fully saturated rings. The quantitative estimate of drug-likeness (QED) is 0.646. The van der Waals surface area contributed by atoms with Gasteiger partial charge in [0, 0.05) is 48.9 Å². The van der Waals surface area contributed by atoms with E-state index in [1.165, 1.54) is 0 Å². The van der Waals surface area contributed by atoms with Crippen LogP contribution in [0.1, 0.15) is 62.4 Å². The Hall–Kier alpha value is -2.35. The fourth-order valence-corrected chi connectivity index (χ4v) is 4.68. The molecule has 2 aromatic rings. The Bertz CT molecular complexity index is 903. The molecule has 31 heavy (non-hydrogen) atoms. The van der Waals surface area contributed by atoms with Crippen molar-refractivity contribution in [1.82, 2.24) is 20.3 Å². The van der Waals surface area contributed by atoms with Crippen molar-refractivity contribution in [2.75, 3.05) is 24.3 Å². The number of aryl methyl sites for hydroxylation is 1. The third-order valence-corrected chi connectivity index (χ3v) is 6.31. The number of anilines is 2.